The molecule has 10 rings (SSSR count). The molecule has 5 atom stereocenters. The van der Waals surface area contributed by atoms with Gasteiger partial charge in [-0.25, -0.2) is 9.37 Å². The molecule has 0 spiro atoms. The Morgan fingerprint density at radius 2 is 2.04 bits per heavy atom. The van der Waals surface area contributed by atoms with Crippen LogP contribution in [0.4, 0.5) is 4.39 Å². The first kappa shape index (κ1) is 32.8. The first-order chi connectivity index (χ1) is 24.7. The Kier molecular flexibility index (Phi) is 8.07. The molecule has 262 valence electrons. The van der Waals surface area contributed by atoms with Crippen molar-refractivity contribution in [1.29, 1.82) is 5.26 Å². The van der Waals surface area contributed by atoms with Crippen molar-refractivity contribution >= 4 is 50.9 Å². The standard InChI is InChI=1S/C38H37Cl2FN8O2/c1-19-26-14-31(30-13-24(17-48(30)38(50)20-8-9-20)51-18-23-16-47(2)46-45-23)49(36-22-12-29(36)43-15-22)37(26)27-11-21(5-4-10-42)32(34(41)35(27)44-19)25-6-3-7-28(39)33(25)40/h3,6-7,11,14,16,20,22,24,29-30,36,43H,4-5,8-9,12-13,15,17-18H2,1-2H3. The third-order valence-corrected chi connectivity index (χ3v) is 12.2. The van der Waals surface area contributed by atoms with Crippen molar-refractivity contribution in [1.82, 2.24) is 34.8 Å². The summed E-state index contributed by atoms with van der Waals surface area (Å²) in [5.41, 5.74) is 5.11. The largest absolute Gasteiger partial charge is 0.370 e. The number of hydrogen-bond acceptors (Lipinski definition) is 7. The molecule has 13 heteroatoms. The van der Waals surface area contributed by atoms with Crippen molar-refractivity contribution < 1.29 is 13.9 Å². The van der Waals surface area contributed by atoms with Gasteiger partial charge in [0.05, 0.1) is 52.6 Å². The lowest BCUT2D eigenvalue weighted by Crippen LogP contribution is -2.41. The van der Waals surface area contributed by atoms with Gasteiger partial charge in [0, 0.05) is 78.2 Å². The zero-order valence-corrected chi connectivity index (χ0v) is 29.9. The van der Waals surface area contributed by atoms with E-state index in [9.17, 15) is 10.1 Å². The summed E-state index contributed by atoms with van der Waals surface area (Å²) in [6, 6.07) is 11.8. The van der Waals surface area contributed by atoms with Gasteiger partial charge in [-0.1, -0.05) is 40.5 Å². The number of amides is 1. The van der Waals surface area contributed by atoms with Crippen molar-refractivity contribution in [3.63, 3.8) is 0 Å². The van der Waals surface area contributed by atoms with Gasteiger partial charge >= 0.3 is 0 Å². The number of halogens is 3. The zero-order valence-electron chi connectivity index (χ0n) is 28.4. The van der Waals surface area contributed by atoms with Gasteiger partial charge in [-0.15, -0.1) is 5.10 Å². The molecule has 1 N–H and O–H groups in total. The predicted molar refractivity (Wildman–Crippen MR) is 192 cm³/mol. The number of aryl methyl sites for hydroxylation is 3. The van der Waals surface area contributed by atoms with E-state index in [4.69, 9.17) is 32.9 Å². The molecule has 51 heavy (non-hydrogen) atoms. The summed E-state index contributed by atoms with van der Waals surface area (Å²) in [6.45, 7) is 3.64. The molecule has 2 aliphatic carbocycles. The van der Waals surface area contributed by atoms with Gasteiger partial charge in [0.1, 0.15) is 11.2 Å². The van der Waals surface area contributed by atoms with Crippen LogP contribution in [0.5, 0.6) is 0 Å². The fourth-order valence-corrected chi connectivity index (χ4v) is 9.17. The van der Waals surface area contributed by atoms with Crippen LogP contribution in [-0.4, -0.2) is 60.6 Å². The van der Waals surface area contributed by atoms with Crippen LogP contribution in [0, 0.1) is 35.9 Å². The monoisotopic (exact) mass is 726 g/mol. The molecular formula is C38H37Cl2FN8O2. The molecule has 2 bridgehead atoms. The zero-order chi connectivity index (χ0) is 35.1. The highest BCUT2D eigenvalue weighted by Gasteiger charge is 2.51. The second-order valence-electron chi connectivity index (χ2n) is 14.6. The van der Waals surface area contributed by atoms with Crippen LogP contribution in [0.3, 0.4) is 0 Å². The second-order valence-corrected chi connectivity index (χ2v) is 15.4. The summed E-state index contributed by atoms with van der Waals surface area (Å²) in [5, 5.41) is 23.7. The Morgan fingerprint density at radius 1 is 1.20 bits per heavy atom. The average molecular weight is 728 g/mol. The minimum atomic E-state index is -0.484. The van der Waals surface area contributed by atoms with Gasteiger partial charge < -0.3 is 19.5 Å². The number of likely N-dealkylation sites (tertiary alicyclic amines) is 1. The average Bonchev–Trinajstić information content (AvgIpc) is 3.55. The predicted octanol–water partition coefficient (Wildman–Crippen LogP) is 7.00. The molecular weight excluding hydrogens is 690 g/mol. The van der Waals surface area contributed by atoms with Crippen LogP contribution in [0.1, 0.15) is 66.8 Å². The Labute approximate surface area is 304 Å². The molecule has 2 saturated carbocycles. The highest BCUT2D eigenvalue weighted by Crippen LogP contribution is 2.51. The first-order valence-electron chi connectivity index (χ1n) is 17.7. The van der Waals surface area contributed by atoms with Crippen LogP contribution >= 0.6 is 23.2 Å². The van der Waals surface area contributed by atoms with E-state index in [-0.39, 0.29) is 53.0 Å². The van der Waals surface area contributed by atoms with E-state index in [1.165, 1.54) is 0 Å². The molecule has 2 aromatic carbocycles. The number of hydrogen-bond donors (Lipinski definition) is 1. The molecule has 5 aliphatic rings. The Morgan fingerprint density at radius 3 is 2.75 bits per heavy atom. The lowest BCUT2D eigenvalue weighted by Gasteiger charge is -2.39. The minimum absolute atomic E-state index is 0.0448. The van der Waals surface area contributed by atoms with Gasteiger partial charge in [0.25, 0.3) is 0 Å². The van der Waals surface area contributed by atoms with Gasteiger partial charge in [0.15, 0.2) is 5.82 Å². The SMILES string of the molecule is Cc1nc2c(F)c(-c3cccc(Cl)c3Cl)c(CCC#N)cc2c2c1cc(C1CC(OCc3cn(C)nn3)CN1C(=O)C1CC1)n2C1C2CNC1C2. The number of nitrogens with one attached hydrogen (secondary N) is 1. The van der Waals surface area contributed by atoms with Crippen LogP contribution in [0.25, 0.3) is 32.9 Å². The van der Waals surface area contributed by atoms with Gasteiger partial charge in [0.2, 0.25) is 5.91 Å². The second kappa shape index (κ2) is 12.6. The number of benzene rings is 2. The fraction of sp³-hybridized carbons (Fsp3) is 0.447. The van der Waals surface area contributed by atoms with Crippen molar-refractivity contribution in [3.05, 3.63) is 75.0 Å². The molecule has 0 radical (unpaired) electrons. The minimum Gasteiger partial charge on any atom is -0.370 e. The number of nitriles is 1. The number of aromatic nitrogens is 5. The number of ether oxygens (including phenoxy) is 1. The Bertz CT molecular complexity index is 2260. The third kappa shape index (κ3) is 5.41. The lowest BCUT2D eigenvalue weighted by atomic mass is 9.79. The van der Waals surface area contributed by atoms with E-state index in [1.54, 1.807) is 22.9 Å². The summed E-state index contributed by atoms with van der Waals surface area (Å²) >= 11 is 13.1. The van der Waals surface area contributed by atoms with E-state index in [0.29, 0.717) is 64.7 Å². The molecule has 3 aliphatic heterocycles. The van der Waals surface area contributed by atoms with Crippen molar-refractivity contribution in [3.8, 4) is 17.2 Å². The van der Waals surface area contributed by atoms with Gasteiger partial charge in [-0.3, -0.25) is 9.48 Å². The smallest absolute Gasteiger partial charge is 0.226 e. The number of nitrogens with zero attached hydrogens (tertiary/aromatic N) is 7. The fourth-order valence-electron chi connectivity index (χ4n) is 8.77. The number of pyridine rings is 1. The molecule has 3 saturated heterocycles. The molecule has 10 nitrogen and oxygen atoms in total. The topological polar surface area (TPSA) is 114 Å². The lowest BCUT2D eigenvalue weighted by molar-refractivity contribution is -0.134. The van der Waals surface area contributed by atoms with E-state index in [2.05, 4.69) is 32.3 Å². The Balaban J connectivity index is 1.23. The van der Waals surface area contributed by atoms with Crippen molar-refractivity contribution in [2.24, 2.45) is 18.9 Å². The summed E-state index contributed by atoms with van der Waals surface area (Å²) in [4.78, 5) is 20.9. The molecule has 1 amide bonds. The van der Waals surface area contributed by atoms with Crippen LogP contribution in [0.15, 0.2) is 36.5 Å². The van der Waals surface area contributed by atoms with Crippen LogP contribution in [0.2, 0.25) is 10.0 Å². The molecule has 5 aromatic rings. The van der Waals surface area contributed by atoms with Crippen LogP contribution < -0.4 is 5.32 Å². The Hall–Kier alpha value is -4.08. The molecule has 5 fully saturated rings. The molecule has 3 aromatic heterocycles. The van der Waals surface area contributed by atoms with Gasteiger partial charge in [-0.05, 0) is 62.3 Å². The van der Waals surface area contributed by atoms with E-state index in [1.807, 2.05) is 31.1 Å². The normalized spacial score (nSPS) is 24.1. The summed E-state index contributed by atoms with van der Waals surface area (Å²) in [6.07, 6.45) is 5.72. The third-order valence-electron chi connectivity index (χ3n) is 11.4. The highest BCUT2D eigenvalue weighted by molar-refractivity contribution is 6.43. The number of carbonyl (C=O) groups is 1. The first-order valence-corrected chi connectivity index (χ1v) is 18.5. The molecule has 6 heterocycles. The molecule has 5 unspecified atom stereocenters. The van der Waals surface area contributed by atoms with E-state index < -0.39 is 5.82 Å². The summed E-state index contributed by atoms with van der Waals surface area (Å²) in [7, 11) is 1.82. The maximum Gasteiger partial charge on any atom is 0.226 e. The summed E-state index contributed by atoms with van der Waals surface area (Å²) in [5.74, 6) is 0.147. The highest BCUT2D eigenvalue weighted by atomic mass is 35.5. The number of carbonyl (C=O) groups excluding carboxylic acids is 1. The quantitative estimate of drug-likeness (QED) is 0.174. The number of fused-ring (bicyclic) bond motifs is 4. The number of rotatable bonds is 9. The summed E-state index contributed by atoms with van der Waals surface area (Å²) < 4.78 is 27.6. The van der Waals surface area contributed by atoms with Crippen molar-refractivity contribution in [2.45, 2.75) is 76.3 Å². The van der Waals surface area contributed by atoms with E-state index >= 15 is 4.39 Å². The van der Waals surface area contributed by atoms with Gasteiger partial charge in [-0.2, -0.15) is 5.26 Å². The maximum absolute atomic E-state index is 17.2. The maximum atomic E-state index is 17.2. The van der Waals surface area contributed by atoms with E-state index in [0.717, 1.165) is 48.1 Å². The van der Waals surface area contributed by atoms with Crippen LogP contribution in [-0.2, 0) is 29.6 Å². The van der Waals surface area contributed by atoms with Crippen molar-refractivity contribution in [2.75, 3.05) is 13.1 Å².